The van der Waals surface area contributed by atoms with Crippen LogP contribution in [0.3, 0.4) is 0 Å². The van der Waals surface area contributed by atoms with E-state index in [0.717, 1.165) is 25.0 Å². The molecule has 1 unspecified atom stereocenters. The van der Waals surface area contributed by atoms with Crippen LogP contribution in [-0.4, -0.2) is 29.5 Å². The lowest BCUT2D eigenvalue weighted by atomic mass is 10.2. The fraction of sp³-hybridized carbons (Fsp3) is 0.923. The van der Waals surface area contributed by atoms with Gasteiger partial charge in [-0.2, -0.15) is 0 Å². The highest BCUT2D eigenvalue weighted by molar-refractivity contribution is 8.00. The van der Waals surface area contributed by atoms with E-state index in [1.807, 2.05) is 20.8 Å². The monoisotopic (exact) mass is 282 g/mol. The quantitative estimate of drug-likeness (QED) is 0.442. The summed E-state index contributed by atoms with van der Waals surface area (Å²) in [7, 11) is 0. The minimum atomic E-state index is -2.18. The van der Waals surface area contributed by atoms with Gasteiger partial charge in [-0.05, 0) is 39.4 Å². The van der Waals surface area contributed by atoms with Crippen molar-refractivity contribution in [2.45, 2.75) is 70.7 Å². The van der Waals surface area contributed by atoms with Crippen LogP contribution >= 0.6 is 11.8 Å². The molecule has 0 radical (unpaired) electrons. The highest BCUT2D eigenvalue weighted by atomic mass is 32.2. The molecule has 0 fully saturated rings. The molecular formula is C13H24F2O2S. The Balaban J connectivity index is 3.40. The molecule has 0 aliphatic heterocycles. The molecular weight excluding hydrogens is 258 g/mol. The number of halogens is 2. The van der Waals surface area contributed by atoms with E-state index in [0.29, 0.717) is 6.42 Å². The van der Waals surface area contributed by atoms with Crippen molar-refractivity contribution in [2.75, 3.05) is 5.75 Å². The average Bonchev–Trinajstić information content (AvgIpc) is 2.26. The average molecular weight is 282 g/mol. The van der Waals surface area contributed by atoms with Gasteiger partial charge in [0.15, 0.2) is 0 Å². The van der Waals surface area contributed by atoms with Crippen LogP contribution in [0.2, 0.25) is 0 Å². The number of rotatable bonds is 10. The molecule has 18 heavy (non-hydrogen) atoms. The second-order valence-electron chi connectivity index (χ2n) is 4.59. The number of esters is 1. The standard InChI is InChI=1S/C13H24F2O2S/c1-10(2)17-13(16)11(3)18-9-7-5-4-6-8-12(14)15/h10-12H,4-9H2,1-3H3. The summed E-state index contributed by atoms with van der Waals surface area (Å²) in [5, 5.41) is -0.145. The van der Waals surface area contributed by atoms with Gasteiger partial charge in [-0.15, -0.1) is 11.8 Å². The molecule has 5 heteroatoms. The van der Waals surface area contributed by atoms with Crippen LogP contribution in [0.25, 0.3) is 0 Å². The molecule has 0 aromatic heterocycles. The molecule has 0 saturated carbocycles. The van der Waals surface area contributed by atoms with E-state index in [1.165, 1.54) is 0 Å². The number of unbranched alkanes of at least 4 members (excludes halogenated alkanes) is 3. The third kappa shape index (κ3) is 10.8. The summed E-state index contributed by atoms with van der Waals surface area (Å²) in [6.07, 6.45) is 1.10. The topological polar surface area (TPSA) is 26.3 Å². The maximum atomic E-state index is 11.9. The van der Waals surface area contributed by atoms with E-state index >= 15 is 0 Å². The van der Waals surface area contributed by atoms with E-state index < -0.39 is 6.43 Å². The molecule has 0 spiro atoms. The molecule has 0 aromatic carbocycles. The first-order valence-electron chi connectivity index (χ1n) is 6.53. The van der Waals surface area contributed by atoms with Crippen molar-refractivity contribution >= 4 is 17.7 Å². The number of thioether (sulfide) groups is 1. The van der Waals surface area contributed by atoms with Crippen molar-refractivity contribution in [1.29, 1.82) is 0 Å². The summed E-state index contributed by atoms with van der Waals surface area (Å²) in [5.74, 6) is 0.705. The molecule has 0 saturated heterocycles. The molecule has 0 heterocycles. The number of carbonyl (C=O) groups is 1. The van der Waals surface area contributed by atoms with Crippen LogP contribution in [0.4, 0.5) is 8.78 Å². The van der Waals surface area contributed by atoms with Gasteiger partial charge in [0.05, 0.1) is 11.4 Å². The lowest BCUT2D eigenvalue weighted by molar-refractivity contribution is -0.146. The third-order valence-electron chi connectivity index (χ3n) is 2.37. The van der Waals surface area contributed by atoms with Crippen molar-refractivity contribution in [3.05, 3.63) is 0 Å². The molecule has 1 atom stereocenters. The predicted molar refractivity (Wildman–Crippen MR) is 72.2 cm³/mol. The first kappa shape index (κ1) is 17.7. The second-order valence-corrected chi connectivity index (χ2v) is 6.04. The van der Waals surface area contributed by atoms with Gasteiger partial charge in [-0.25, -0.2) is 8.78 Å². The van der Waals surface area contributed by atoms with Crippen molar-refractivity contribution in [3.63, 3.8) is 0 Å². The van der Waals surface area contributed by atoms with Gasteiger partial charge in [-0.1, -0.05) is 12.8 Å². The van der Waals surface area contributed by atoms with Gasteiger partial charge in [-0.3, -0.25) is 4.79 Å². The Hall–Kier alpha value is -0.320. The Morgan fingerprint density at radius 2 is 1.72 bits per heavy atom. The number of carbonyl (C=O) groups excluding carboxylic acids is 1. The Bertz CT molecular complexity index is 223. The van der Waals surface area contributed by atoms with Crippen LogP contribution < -0.4 is 0 Å². The number of hydrogen-bond donors (Lipinski definition) is 0. The van der Waals surface area contributed by atoms with E-state index in [1.54, 1.807) is 11.8 Å². The van der Waals surface area contributed by atoms with E-state index in [9.17, 15) is 13.6 Å². The lowest BCUT2D eigenvalue weighted by Gasteiger charge is -2.13. The molecule has 0 N–H and O–H groups in total. The molecule has 0 bridgehead atoms. The highest BCUT2D eigenvalue weighted by Gasteiger charge is 2.15. The zero-order valence-corrected chi connectivity index (χ0v) is 12.3. The maximum absolute atomic E-state index is 11.9. The Morgan fingerprint density at radius 1 is 1.11 bits per heavy atom. The molecule has 0 aliphatic rings. The highest BCUT2D eigenvalue weighted by Crippen LogP contribution is 2.16. The number of alkyl halides is 2. The van der Waals surface area contributed by atoms with Crippen molar-refractivity contribution < 1.29 is 18.3 Å². The van der Waals surface area contributed by atoms with Crippen LogP contribution in [0.15, 0.2) is 0 Å². The van der Waals surface area contributed by atoms with Gasteiger partial charge in [0, 0.05) is 6.42 Å². The SMILES string of the molecule is CC(C)OC(=O)C(C)SCCCCCCC(F)F. The Morgan fingerprint density at radius 3 is 2.28 bits per heavy atom. The smallest absolute Gasteiger partial charge is 0.319 e. The molecule has 0 rings (SSSR count). The normalized spacial score (nSPS) is 13.1. The van der Waals surface area contributed by atoms with E-state index in [4.69, 9.17) is 4.74 Å². The summed E-state index contributed by atoms with van der Waals surface area (Å²) in [5.41, 5.74) is 0. The van der Waals surface area contributed by atoms with Gasteiger partial charge in [0.25, 0.3) is 0 Å². The van der Waals surface area contributed by atoms with E-state index in [-0.39, 0.29) is 23.7 Å². The molecule has 0 aliphatic carbocycles. The largest absolute Gasteiger partial charge is 0.462 e. The van der Waals surface area contributed by atoms with Crippen LogP contribution in [0, 0.1) is 0 Å². The molecule has 108 valence electrons. The zero-order valence-electron chi connectivity index (χ0n) is 11.5. The van der Waals surface area contributed by atoms with Crippen LogP contribution in [-0.2, 0) is 9.53 Å². The fourth-order valence-corrected chi connectivity index (χ4v) is 2.33. The first-order chi connectivity index (χ1) is 8.43. The predicted octanol–water partition coefficient (Wildman–Crippen LogP) is 4.28. The van der Waals surface area contributed by atoms with Gasteiger partial charge < -0.3 is 4.74 Å². The lowest BCUT2D eigenvalue weighted by Crippen LogP contribution is -2.21. The van der Waals surface area contributed by atoms with Crippen LogP contribution in [0.5, 0.6) is 0 Å². The summed E-state index contributed by atoms with van der Waals surface area (Å²) < 4.78 is 28.8. The number of ether oxygens (including phenoxy) is 1. The summed E-state index contributed by atoms with van der Waals surface area (Å²) in [4.78, 5) is 11.5. The summed E-state index contributed by atoms with van der Waals surface area (Å²) >= 11 is 1.57. The first-order valence-corrected chi connectivity index (χ1v) is 7.58. The maximum Gasteiger partial charge on any atom is 0.319 e. The van der Waals surface area contributed by atoms with Gasteiger partial charge in [0.1, 0.15) is 0 Å². The fourth-order valence-electron chi connectivity index (χ4n) is 1.41. The Kier molecular flexibility index (Phi) is 10.4. The molecule has 0 aromatic rings. The zero-order chi connectivity index (χ0) is 14.0. The summed E-state index contributed by atoms with van der Waals surface area (Å²) in [6, 6.07) is 0. The van der Waals surface area contributed by atoms with Gasteiger partial charge in [0.2, 0.25) is 6.43 Å². The summed E-state index contributed by atoms with van der Waals surface area (Å²) in [6.45, 7) is 5.50. The Labute approximate surface area is 113 Å². The molecule has 2 nitrogen and oxygen atoms in total. The minimum Gasteiger partial charge on any atom is -0.462 e. The third-order valence-corrected chi connectivity index (χ3v) is 3.59. The van der Waals surface area contributed by atoms with Crippen molar-refractivity contribution in [1.82, 2.24) is 0 Å². The number of hydrogen-bond acceptors (Lipinski definition) is 3. The molecule has 0 amide bonds. The minimum absolute atomic E-state index is 0.00423. The second kappa shape index (κ2) is 10.6. The van der Waals surface area contributed by atoms with Crippen molar-refractivity contribution in [3.8, 4) is 0 Å². The van der Waals surface area contributed by atoms with Gasteiger partial charge >= 0.3 is 5.97 Å². The van der Waals surface area contributed by atoms with E-state index in [2.05, 4.69) is 0 Å². The van der Waals surface area contributed by atoms with Crippen LogP contribution in [0.1, 0.15) is 52.9 Å². The van der Waals surface area contributed by atoms with Crippen molar-refractivity contribution in [2.24, 2.45) is 0 Å².